The van der Waals surface area contributed by atoms with E-state index >= 15 is 0 Å². The number of nitrogens with one attached hydrogen (secondary N) is 1. The molecule has 4 nitrogen and oxygen atoms in total. The number of pyridine rings is 1. The highest BCUT2D eigenvalue weighted by atomic mass is 79.9. The summed E-state index contributed by atoms with van der Waals surface area (Å²) in [5, 5.41) is 0. The summed E-state index contributed by atoms with van der Waals surface area (Å²) in [4.78, 5) is 3.68. The predicted octanol–water partition coefficient (Wildman–Crippen LogP) is 1.78. The number of aromatic nitrogens is 1. The lowest BCUT2D eigenvalue weighted by Gasteiger charge is -2.09. The summed E-state index contributed by atoms with van der Waals surface area (Å²) in [7, 11) is -5.30. The molecule has 0 unspecified atom stereocenters. The number of halogens is 4. The van der Waals surface area contributed by atoms with E-state index in [-0.39, 0.29) is 0 Å². The number of hydrogen-bond acceptors (Lipinski definition) is 3. The van der Waals surface area contributed by atoms with Gasteiger partial charge in [0.2, 0.25) is 0 Å². The predicted molar refractivity (Wildman–Crippen MR) is 53.8 cm³/mol. The van der Waals surface area contributed by atoms with E-state index in [1.54, 1.807) is 0 Å². The lowest BCUT2D eigenvalue weighted by atomic mass is 10.3. The maximum Gasteiger partial charge on any atom is 0.511 e. The molecule has 0 saturated heterocycles. The van der Waals surface area contributed by atoms with E-state index in [9.17, 15) is 21.6 Å². The first-order valence-corrected chi connectivity index (χ1v) is 6.15. The maximum absolute atomic E-state index is 11.9. The van der Waals surface area contributed by atoms with Crippen molar-refractivity contribution in [3.63, 3.8) is 0 Å². The van der Waals surface area contributed by atoms with Gasteiger partial charge in [-0.15, -0.1) is 0 Å². The molecule has 1 heterocycles. The lowest BCUT2D eigenvalue weighted by molar-refractivity contribution is -0.0448. The van der Waals surface area contributed by atoms with Gasteiger partial charge in [0.25, 0.3) is 0 Å². The zero-order valence-electron chi connectivity index (χ0n) is 7.62. The number of nitrogens with zero attached hydrogens (tertiary/aromatic N) is 1. The van der Waals surface area contributed by atoms with Crippen LogP contribution >= 0.6 is 15.9 Å². The standard InChI is InChI=1S/C7H6BrF3N2O2S/c8-6-1-5(2-12-4-6)3-13-16(14,15)7(9,10)11/h1-2,4,13H,3H2. The van der Waals surface area contributed by atoms with Crippen LogP contribution < -0.4 is 4.72 Å². The minimum absolute atomic E-state index is 0.321. The Bertz CT molecular complexity index is 475. The van der Waals surface area contributed by atoms with Crippen molar-refractivity contribution in [3.8, 4) is 0 Å². The number of hydrogen-bond donors (Lipinski definition) is 1. The Hall–Kier alpha value is -0.670. The number of alkyl halides is 3. The fourth-order valence-electron chi connectivity index (χ4n) is 0.813. The van der Waals surface area contributed by atoms with Gasteiger partial charge in [0.1, 0.15) is 0 Å². The summed E-state index contributed by atoms with van der Waals surface area (Å²) in [6.07, 6.45) is 2.70. The van der Waals surface area contributed by atoms with Crippen LogP contribution in [0.3, 0.4) is 0 Å². The number of rotatable bonds is 3. The summed E-state index contributed by atoms with van der Waals surface area (Å²) >= 11 is 3.06. The lowest BCUT2D eigenvalue weighted by Crippen LogP contribution is -2.36. The molecular weight excluding hydrogens is 313 g/mol. The average Bonchev–Trinajstić information content (AvgIpc) is 2.13. The van der Waals surface area contributed by atoms with E-state index in [0.29, 0.717) is 10.0 Å². The Morgan fingerprint density at radius 1 is 1.38 bits per heavy atom. The van der Waals surface area contributed by atoms with E-state index < -0.39 is 22.1 Å². The average molecular weight is 319 g/mol. The van der Waals surface area contributed by atoms with E-state index in [1.807, 2.05) is 0 Å². The summed E-state index contributed by atoms with van der Waals surface area (Å²) in [6, 6.07) is 1.46. The fraction of sp³-hybridized carbons (Fsp3) is 0.286. The zero-order chi connectivity index (χ0) is 12.4. The van der Waals surface area contributed by atoms with Gasteiger partial charge >= 0.3 is 15.5 Å². The first-order chi connectivity index (χ1) is 7.22. The molecular formula is C7H6BrF3N2O2S. The zero-order valence-corrected chi connectivity index (χ0v) is 10.0. The van der Waals surface area contributed by atoms with Gasteiger partial charge in [0.15, 0.2) is 0 Å². The van der Waals surface area contributed by atoms with Crippen LogP contribution in [0, 0.1) is 0 Å². The normalized spacial score (nSPS) is 12.8. The third-order valence-corrected chi connectivity index (χ3v) is 3.10. The van der Waals surface area contributed by atoms with Crippen molar-refractivity contribution < 1.29 is 21.6 Å². The molecule has 1 aromatic rings. The molecule has 0 atom stereocenters. The largest absolute Gasteiger partial charge is 0.511 e. The minimum Gasteiger partial charge on any atom is -0.263 e. The Balaban J connectivity index is 2.73. The van der Waals surface area contributed by atoms with Crippen LogP contribution in [0.4, 0.5) is 13.2 Å². The van der Waals surface area contributed by atoms with E-state index in [1.165, 1.54) is 23.2 Å². The smallest absolute Gasteiger partial charge is 0.263 e. The van der Waals surface area contributed by atoms with Gasteiger partial charge in [0, 0.05) is 23.4 Å². The van der Waals surface area contributed by atoms with Crippen LogP contribution in [0.25, 0.3) is 0 Å². The van der Waals surface area contributed by atoms with Crippen molar-refractivity contribution in [1.82, 2.24) is 9.71 Å². The molecule has 0 spiro atoms. The van der Waals surface area contributed by atoms with E-state index in [4.69, 9.17) is 0 Å². The fourth-order valence-corrected chi connectivity index (χ4v) is 1.75. The van der Waals surface area contributed by atoms with Gasteiger partial charge in [-0.2, -0.15) is 13.2 Å². The molecule has 0 fully saturated rings. The topological polar surface area (TPSA) is 59.1 Å². The summed E-state index contributed by atoms with van der Waals surface area (Å²) in [5.74, 6) is 0. The van der Waals surface area contributed by atoms with Crippen molar-refractivity contribution in [2.24, 2.45) is 0 Å². The van der Waals surface area contributed by atoms with Gasteiger partial charge in [-0.1, -0.05) is 0 Å². The van der Waals surface area contributed by atoms with Crippen LogP contribution in [0.5, 0.6) is 0 Å². The molecule has 0 aliphatic rings. The first-order valence-electron chi connectivity index (χ1n) is 3.88. The second-order valence-electron chi connectivity index (χ2n) is 2.78. The van der Waals surface area contributed by atoms with Gasteiger partial charge in [-0.3, -0.25) is 4.98 Å². The van der Waals surface area contributed by atoms with Crippen molar-refractivity contribution in [2.75, 3.05) is 0 Å². The van der Waals surface area contributed by atoms with Crippen LogP contribution in [0.2, 0.25) is 0 Å². The molecule has 0 aliphatic heterocycles. The molecule has 0 amide bonds. The molecule has 0 radical (unpaired) electrons. The van der Waals surface area contributed by atoms with Crippen molar-refractivity contribution in [3.05, 3.63) is 28.5 Å². The second kappa shape index (κ2) is 4.68. The van der Waals surface area contributed by atoms with Gasteiger partial charge in [0.05, 0.1) is 0 Å². The molecule has 0 aliphatic carbocycles. The molecule has 0 aromatic carbocycles. The summed E-state index contributed by atoms with van der Waals surface area (Å²) in [6.45, 7) is -0.464. The monoisotopic (exact) mass is 318 g/mol. The summed E-state index contributed by atoms with van der Waals surface area (Å²) < 4.78 is 59.1. The minimum atomic E-state index is -5.30. The van der Waals surface area contributed by atoms with Crippen LogP contribution in [0.15, 0.2) is 22.9 Å². The third kappa shape index (κ3) is 3.42. The maximum atomic E-state index is 11.9. The molecule has 1 rings (SSSR count). The molecule has 9 heteroatoms. The van der Waals surface area contributed by atoms with Crippen LogP contribution in [-0.2, 0) is 16.6 Å². The second-order valence-corrected chi connectivity index (χ2v) is 5.46. The SMILES string of the molecule is O=S(=O)(NCc1cncc(Br)c1)C(F)(F)F. The van der Waals surface area contributed by atoms with Crippen LogP contribution in [0.1, 0.15) is 5.56 Å². The van der Waals surface area contributed by atoms with Gasteiger partial charge in [-0.25, -0.2) is 13.1 Å². The van der Waals surface area contributed by atoms with Crippen LogP contribution in [-0.4, -0.2) is 18.9 Å². The van der Waals surface area contributed by atoms with Crippen molar-refractivity contribution in [1.29, 1.82) is 0 Å². The quantitative estimate of drug-likeness (QED) is 0.924. The van der Waals surface area contributed by atoms with E-state index in [2.05, 4.69) is 20.9 Å². The molecule has 16 heavy (non-hydrogen) atoms. The molecule has 1 aromatic heterocycles. The third-order valence-electron chi connectivity index (χ3n) is 1.53. The Morgan fingerprint density at radius 3 is 2.50 bits per heavy atom. The molecule has 0 bridgehead atoms. The van der Waals surface area contributed by atoms with Crippen molar-refractivity contribution >= 4 is 26.0 Å². The Morgan fingerprint density at radius 2 is 2.00 bits per heavy atom. The van der Waals surface area contributed by atoms with E-state index in [0.717, 1.165) is 0 Å². The molecule has 90 valence electrons. The van der Waals surface area contributed by atoms with Gasteiger partial charge in [-0.05, 0) is 27.6 Å². The summed E-state index contributed by atoms with van der Waals surface area (Å²) in [5.41, 5.74) is -4.98. The Labute approximate surface area is 98.1 Å². The number of sulfonamides is 1. The van der Waals surface area contributed by atoms with Gasteiger partial charge < -0.3 is 0 Å². The molecule has 0 saturated carbocycles. The highest BCUT2D eigenvalue weighted by Gasteiger charge is 2.45. The highest BCUT2D eigenvalue weighted by molar-refractivity contribution is 9.10. The molecule has 1 N–H and O–H groups in total. The highest BCUT2D eigenvalue weighted by Crippen LogP contribution is 2.22. The Kier molecular flexibility index (Phi) is 3.92. The van der Waals surface area contributed by atoms with Crippen molar-refractivity contribution in [2.45, 2.75) is 12.1 Å². The first kappa shape index (κ1) is 13.4.